The minimum absolute atomic E-state index is 0.00940. The van der Waals surface area contributed by atoms with Crippen molar-refractivity contribution in [2.24, 2.45) is 17.8 Å². The molecule has 1 aliphatic carbocycles. The molecule has 0 spiro atoms. The molecule has 4 aliphatic rings. The average Bonchev–Trinajstić information content (AvgIpc) is 3.31. The van der Waals surface area contributed by atoms with Gasteiger partial charge in [0.25, 0.3) is 5.92 Å². The highest BCUT2D eigenvalue weighted by Gasteiger charge is 2.52. The van der Waals surface area contributed by atoms with Crippen molar-refractivity contribution < 1.29 is 22.7 Å². The summed E-state index contributed by atoms with van der Waals surface area (Å²) in [5.41, 5.74) is 7.37. The van der Waals surface area contributed by atoms with Crippen molar-refractivity contribution in [3.8, 4) is 0 Å². The summed E-state index contributed by atoms with van der Waals surface area (Å²) in [5, 5.41) is 12.6. The van der Waals surface area contributed by atoms with Gasteiger partial charge in [-0.25, -0.2) is 13.2 Å². The molecule has 7 nitrogen and oxygen atoms in total. The van der Waals surface area contributed by atoms with Gasteiger partial charge in [0.2, 0.25) is 0 Å². The van der Waals surface area contributed by atoms with Crippen LogP contribution in [-0.4, -0.2) is 89.9 Å². The molecule has 0 radical (unpaired) electrons. The Labute approximate surface area is 210 Å². The number of hydrogen-bond donors (Lipinski definition) is 4. The monoisotopic (exact) mass is 514 g/mol. The van der Waals surface area contributed by atoms with Gasteiger partial charge in [0.1, 0.15) is 12.4 Å². The van der Waals surface area contributed by atoms with E-state index in [9.17, 15) is 18.3 Å². The molecule has 1 saturated carbocycles. The van der Waals surface area contributed by atoms with Crippen molar-refractivity contribution in [3.63, 3.8) is 0 Å². The molecule has 3 saturated heterocycles. The fourth-order valence-corrected chi connectivity index (χ4v) is 7.03. The molecule has 4 N–H and O–H groups in total. The number of likely N-dealkylation sites (tertiary alicyclic amines) is 2. The van der Waals surface area contributed by atoms with Crippen molar-refractivity contribution in [3.05, 3.63) is 23.8 Å². The number of anilines is 1. The predicted molar refractivity (Wildman–Crippen MR) is 129 cm³/mol. The van der Waals surface area contributed by atoms with Gasteiger partial charge in [-0.1, -0.05) is 0 Å². The number of nitrogens with zero attached hydrogens (tertiary/aromatic N) is 3. The molecule has 5 rings (SSSR count). The lowest BCUT2D eigenvalue weighted by molar-refractivity contribution is -0.120. The van der Waals surface area contributed by atoms with Crippen LogP contribution in [0.1, 0.15) is 44.3 Å². The molecule has 36 heavy (non-hydrogen) atoms. The second-order valence-electron chi connectivity index (χ2n) is 11.2. The van der Waals surface area contributed by atoms with Crippen LogP contribution in [0.25, 0.3) is 0 Å². The molecule has 202 valence electrons. The van der Waals surface area contributed by atoms with E-state index < -0.39 is 30.9 Å². The van der Waals surface area contributed by atoms with Crippen molar-refractivity contribution in [2.45, 2.75) is 62.7 Å². The van der Waals surface area contributed by atoms with Gasteiger partial charge in [-0.05, 0) is 50.4 Å². The maximum atomic E-state index is 15.6. The van der Waals surface area contributed by atoms with Gasteiger partial charge >= 0.3 is 0 Å². The minimum Gasteiger partial charge on any atom is -0.390 e. The second-order valence-corrected chi connectivity index (χ2v) is 11.2. The first kappa shape index (κ1) is 26.1. The first-order valence-corrected chi connectivity index (χ1v) is 13.2. The molecule has 0 bridgehead atoms. The van der Waals surface area contributed by atoms with Crippen molar-refractivity contribution >= 4 is 5.69 Å². The summed E-state index contributed by atoms with van der Waals surface area (Å²) in [4.78, 5) is 8.34. The number of hydrazine groups is 1. The van der Waals surface area contributed by atoms with Gasteiger partial charge in [-0.15, -0.1) is 0 Å². The Kier molecular flexibility index (Phi) is 7.74. The van der Waals surface area contributed by atoms with Crippen LogP contribution in [0.4, 0.5) is 23.2 Å². The number of fused-ring (bicyclic) bond motifs is 3. The Bertz CT molecular complexity index is 903. The van der Waals surface area contributed by atoms with E-state index in [1.807, 2.05) is 6.92 Å². The predicted octanol–water partition coefficient (Wildman–Crippen LogP) is 2.56. The SMILES string of the molecule is C[C@@H]1CC2C3CNNC3CCC2[C@@H](c2ncc(NC3CN(CCCF)C3)cc2F)N1CC(F)(F)CO. The Morgan fingerprint density at radius 2 is 2.03 bits per heavy atom. The largest absolute Gasteiger partial charge is 0.390 e. The Morgan fingerprint density at radius 1 is 1.22 bits per heavy atom. The number of aliphatic hydroxyl groups excluding tert-OH is 1. The normalized spacial score (nSPS) is 33.7. The van der Waals surface area contributed by atoms with Gasteiger partial charge < -0.3 is 10.4 Å². The van der Waals surface area contributed by atoms with E-state index in [4.69, 9.17) is 0 Å². The topological polar surface area (TPSA) is 75.7 Å². The first-order chi connectivity index (χ1) is 17.3. The third kappa shape index (κ3) is 5.22. The Balaban J connectivity index is 1.37. The summed E-state index contributed by atoms with van der Waals surface area (Å²) in [6, 6.07) is 1.14. The van der Waals surface area contributed by atoms with Crippen LogP contribution in [0, 0.1) is 23.6 Å². The number of hydrogen-bond acceptors (Lipinski definition) is 7. The molecule has 11 heteroatoms. The molecule has 0 amide bonds. The van der Waals surface area contributed by atoms with Gasteiger partial charge in [0, 0.05) is 44.3 Å². The summed E-state index contributed by atoms with van der Waals surface area (Å²) in [5.74, 6) is -3.11. The molecule has 4 fully saturated rings. The smallest absolute Gasteiger partial charge is 0.283 e. The molecule has 0 aromatic carbocycles. The number of aliphatic hydroxyl groups is 1. The van der Waals surface area contributed by atoms with Crippen LogP contribution < -0.4 is 16.2 Å². The third-order valence-corrected chi connectivity index (χ3v) is 8.73. The molecular weight excluding hydrogens is 476 g/mol. The van der Waals surface area contributed by atoms with E-state index in [0.717, 1.165) is 38.9 Å². The second kappa shape index (κ2) is 10.7. The van der Waals surface area contributed by atoms with E-state index in [0.29, 0.717) is 30.6 Å². The zero-order valence-corrected chi connectivity index (χ0v) is 20.8. The summed E-state index contributed by atoms with van der Waals surface area (Å²) in [7, 11) is 0. The van der Waals surface area contributed by atoms with Gasteiger partial charge in [0.05, 0.1) is 42.9 Å². The van der Waals surface area contributed by atoms with E-state index in [2.05, 4.69) is 26.1 Å². The molecule has 1 aromatic heterocycles. The lowest BCUT2D eigenvalue weighted by Crippen LogP contribution is -2.57. The average molecular weight is 515 g/mol. The quantitative estimate of drug-likeness (QED) is 0.378. The highest BCUT2D eigenvalue weighted by molar-refractivity contribution is 5.44. The van der Waals surface area contributed by atoms with Crippen LogP contribution >= 0.6 is 0 Å². The van der Waals surface area contributed by atoms with Gasteiger partial charge in [-0.2, -0.15) is 0 Å². The summed E-state index contributed by atoms with van der Waals surface area (Å²) in [6.07, 6.45) is 4.57. The fourth-order valence-electron chi connectivity index (χ4n) is 7.03. The van der Waals surface area contributed by atoms with Crippen molar-refractivity contribution in [1.29, 1.82) is 0 Å². The number of nitrogens with one attached hydrogen (secondary N) is 3. The summed E-state index contributed by atoms with van der Waals surface area (Å²) >= 11 is 0. The number of pyridine rings is 1. The van der Waals surface area contributed by atoms with Gasteiger partial charge in [0.15, 0.2) is 0 Å². The zero-order valence-electron chi connectivity index (χ0n) is 20.8. The van der Waals surface area contributed by atoms with Crippen LogP contribution in [-0.2, 0) is 0 Å². The Hall–Kier alpha value is -1.53. The standard InChI is InChI=1S/C25H38F4N6O/c1-15-7-19-18(3-4-22-20(19)10-31-33-22)24(35(15)13-25(28,29)14-36)23-21(27)8-16(9-30-23)32-17-11-34(12-17)6-2-5-26/h8-9,15,17-20,22,24,31-33,36H,2-7,10-14H2,1H3/t15-,18?,19?,20?,22?,24+/m1/s1. The minimum atomic E-state index is -3.27. The van der Waals surface area contributed by atoms with Crippen LogP contribution in [0.15, 0.2) is 12.3 Å². The molecular formula is C25H38F4N6O. The highest BCUT2D eigenvalue weighted by atomic mass is 19.3. The summed E-state index contributed by atoms with van der Waals surface area (Å²) in [6.45, 7) is 2.80. The van der Waals surface area contributed by atoms with Crippen molar-refractivity contribution in [2.75, 3.05) is 51.3 Å². The molecule has 4 heterocycles. The number of piperidine rings is 1. The van der Waals surface area contributed by atoms with Gasteiger partial charge in [-0.3, -0.25) is 30.0 Å². The van der Waals surface area contributed by atoms with Crippen molar-refractivity contribution in [1.82, 2.24) is 25.6 Å². The third-order valence-electron chi connectivity index (χ3n) is 8.73. The lowest BCUT2D eigenvalue weighted by Gasteiger charge is -2.54. The molecule has 6 atom stereocenters. The first-order valence-electron chi connectivity index (χ1n) is 13.2. The molecule has 4 unspecified atom stereocenters. The summed E-state index contributed by atoms with van der Waals surface area (Å²) < 4.78 is 56.9. The van der Waals surface area contributed by atoms with Crippen LogP contribution in [0.5, 0.6) is 0 Å². The van der Waals surface area contributed by atoms with Crippen LogP contribution in [0.3, 0.4) is 0 Å². The highest BCUT2D eigenvalue weighted by Crippen LogP contribution is 2.52. The van der Waals surface area contributed by atoms with Crippen LogP contribution in [0.2, 0.25) is 0 Å². The molecule has 1 aromatic rings. The number of alkyl halides is 3. The van der Waals surface area contributed by atoms with E-state index in [1.54, 1.807) is 11.1 Å². The maximum Gasteiger partial charge on any atom is 0.283 e. The zero-order chi connectivity index (χ0) is 25.4. The Morgan fingerprint density at radius 3 is 2.75 bits per heavy atom. The molecule has 3 aliphatic heterocycles. The lowest BCUT2D eigenvalue weighted by atomic mass is 9.62. The maximum absolute atomic E-state index is 15.6. The van der Waals surface area contributed by atoms with E-state index in [-0.39, 0.29) is 36.3 Å². The number of aromatic nitrogens is 1. The number of halogens is 4. The van der Waals surface area contributed by atoms with E-state index >= 15 is 4.39 Å². The fraction of sp³-hybridized carbons (Fsp3) is 0.800. The number of rotatable bonds is 9. The van der Waals surface area contributed by atoms with E-state index in [1.165, 1.54) is 6.07 Å².